The Kier molecular flexibility index (Phi) is 3.53. The number of nitrogens with zero attached hydrogens (tertiary/aromatic N) is 1. The number of hydrogen-bond acceptors (Lipinski definition) is 4. The molecule has 7 heteroatoms. The van der Waals surface area contributed by atoms with Crippen LogP contribution in [0.3, 0.4) is 0 Å². The number of hydrogen-bond donors (Lipinski definition) is 1. The Labute approximate surface area is 105 Å². The molecular formula is C11H9F3N2OS. The van der Waals surface area contributed by atoms with Crippen molar-refractivity contribution < 1.29 is 17.9 Å². The molecule has 2 N–H and O–H groups in total. The van der Waals surface area contributed by atoms with Crippen LogP contribution >= 0.6 is 11.3 Å². The Morgan fingerprint density at radius 2 is 1.89 bits per heavy atom. The number of aromatic nitrogens is 1. The van der Waals surface area contributed by atoms with E-state index >= 15 is 0 Å². The van der Waals surface area contributed by atoms with Crippen LogP contribution in [0.5, 0.6) is 5.75 Å². The third-order valence-electron chi connectivity index (χ3n) is 2.09. The normalized spacial score (nSPS) is 11.6. The van der Waals surface area contributed by atoms with Crippen LogP contribution in [0, 0.1) is 0 Å². The van der Waals surface area contributed by atoms with Gasteiger partial charge < -0.3 is 10.5 Å². The molecular weight excluding hydrogens is 265 g/mol. The second kappa shape index (κ2) is 4.95. The molecule has 0 aliphatic carbocycles. The van der Waals surface area contributed by atoms with Crippen molar-refractivity contribution in [1.82, 2.24) is 4.98 Å². The lowest BCUT2D eigenvalue weighted by Crippen LogP contribution is -2.16. The maximum absolute atomic E-state index is 12.0. The highest BCUT2D eigenvalue weighted by Gasteiger charge is 2.30. The zero-order chi connectivity index (χ0) is 13.2. The highest BCUT2D eigenvalue weighted by atomic mass is 32.1. The van der Waals surface area contributed by atoms with Gasteiger partial charge >= 0.3 is 6.36 Å². The minimum absolute atomic E-state index is 0.248. The number of benzene rings is 1. The highest BCUT2D eigenvalue weighted by molar-refractivity contribution is 7.15. The molecule has 0 radical (unpaired) electrons. The van der Waals surface area contributed by atoms with Crippen molar-refractivity contribution in [2.75, 3.05) is 0 Å². The molecule has 3 nitrogen and oxygen atoms in total. The molecule has 96 valence electrons. The third-order valence-corrected chi connectivity index (χ3v) is 3.16. The number of alkyl halides is 3. The molecule has 1 heterocycles. The monoisotopic (exact) mass is 274 g/mol. The van der Waals surface area contributed by atoms with Crippen molar-refractivity contribution in [3.8, 4) is 16.3 Å². The fourth-order valence-corrected chi connectivity index (χ4v) is 2.13. The molecule has 2 aromatic rings. The smallest absolute Gasteiger partial charge is 0.406 e. The largest absolute Gasteiger partial charge is 0.573 e. The standard InChI is InChI=1S/C11H9F3N2OS/c12-11(13,14)17-8-3-1-7(2-4-8)10-16-6-9(5-15)18-10/h1-4,6H,5,15H2. The first-order chi connectivity index (χ1) is 8.48. The second-order valence-corrected chi connectivity index (χ2v) is 4.52. The lowest BCUT2D eigenvalue weighted by molar-refractivity contribution is -0.274. The van der Waals surface area contributed by atoms with Crippen molar-refractivity contribution in [2.24, 2.45) is 5.73 Å². The SMILES string of the molecule is NCc1cnc(-c2ccc(OC(F)(F)F)cc2)s1. The van der Waals surface area contributed by atoms with E-state index in [0.29, 0.717) is 11.6 Å². The molecule has 0 spiro atoms. The fraction of sp³-hybridized carbons (Fsp3) is 0.182. The maximum atomic E-state index is 12.0. The number of rotatable bonds is 3. The summed E-state index contributed by atoms with van der Waals surface area (Å²) in [7, 11) is 0. The minimum atomic E-state index is -4.67. The van der Waals surface area contributed by atoms with Crippen LogP contribution in [0.2, 0.25) is 0 Å². The summed E-state index contributed by atoms with van der Waals surface area (Å²) in [5.74, 6) is -0.248. The molecule has 0 aliphatic rings. The van der Waals surface area contributed by atoms with E-state index < -0.39 is 6.36 Å². The van der Waals surface area contributed by atoms with Gasteiger partial charge in [-0.2, -0.15) is 0 Å². The summed E-state index contributed by atoms with van der Waals surface area (Å²) in [6.45, 7) is 0.396. The molecule has 18 heavy (non-hydrogen) atoms. The quantitative estimate of drug-likeness (QED) is 0.935. The Morgan fingerprint density at radius 3 is 2.39 bits per heavy atom. The van der Waals surface area contributed by atoms with E-state index in [4.69, 9.17) is 5.73 Å². The van der Waals surface area contributed by atoms with Crippen molar-refractivity contribution in [3.63, 3.8) is 0 Å². The Bertz CT molecular complexity index is 522. The molecule has 0 fully saturated rings. The summed E-state index contributed by atoms with van der Waals surface area (Å²) < 4.78 is 39.7. The summed E-state index contributed by atoms with van der Waals surface area (Å²) >= 11 is 1.41. The lowest BCUT2D eigenvalue weighted by atomic mass is 10.2. The van der Waals surface area contributed by atoms with Gasteiger partial charge in [-0.3, -0.25) is 0 Å². The van der Waals surface area contributed by atoms with Gasteiger partial charge in [-0.15, -0.1) is 24.5 Å². The molecule has 0 amide bonds. The van der Waals surface area contributed by atoms with Crippen LogP contribution in [-0.2, 0) is 6.54 Å². The van der Waals surface area contributed by atoms with Crippen LogP contribution in [0.1, 0.15) is 4.88 Å². The Balaban J connectivity index is 2.17. The summed E-state index contributed by atoms with van der Waals surface area (Å²) in [6.07, 6.45) is -3.02. The van der Waals surface area contributed by atoms with Crippen molar-refractivity contribution in [3.05, 3.63) is 35.3 Å². The van der Waals surface area contributed by atoms with E-state index in [9.17, 15) is 13.2 Å². The predicted molar refractivity (Wildman–Crippen MR) is 62.1 cm³/mol. The maximum Gasteiger partial charge on any atom is 0.573 e. The van der Waals surface area contributed by atoms with Crippen LogP contribution in [0.4, 0.5) is 13.2 Å². The second-order valence-electron chi connectivity index (χ2n) is 3.41. The highest BCUT2D eigenvalue weighted by Crippen LogP contribution is 2.28. The van der Waals surface area contributed by atoms with Crippen molar-refractivity contribution >= 4 is 11.3 Å². The van der Waals surface area contributed by atoms with Gasteiger partial charge in [0.15, 0.2) is 0 Å². The van der Waals surface area contributed by atoms with Gasteiger partial charge in [-0.1, -0.05) is 0 Å². The van der Waals surface area contributed by atoms with Gasteiger partial charge in [0.05, 0.1) is 0 Å². The predicted octanol–water partition coefficient (Wildman–Crippen LogP) is 3.17. The molecule has 0 aliphatic heterocycles. The molecule has 0 saturated heterocycles. The van der Waals surface area contributed by atoms with Gasteiger partial charge in [-0.25, -0.2) is 4.98 Å². The first kappa shape index (κ1) is 12.8. The number of ether oxygens (including phenoxy) is 1. The number of thiazole rings is 1. The minimum Gasteiger partial charge on any atom is -0.406 e. The molecule has 0 saturated carbocycles. The summed E-state index contributed by atoms with van der Waals surface area (Å²) in [5, 5.41) is 0.717. The van der Waals surface area contributed by atoms with E-state index in [0.717, 1.165) is 10.4 Å². The Morgan fingerprint density at radius 1 is 1.22 bits per heavy atom. The van der Waals surface area contributed by atoms with Crippen LogP contribution < -0.4 is 10.5 Å². The molecule has 0 atom stereocenters. The van der Waals surface area contributed by atoms with Crippen molar-refractivity contribution in [1.29, 1.82) is 0 Å². The lowest BCUT2D eigenvalue weighted by Gasteiger charge is -2.08. The Hall–Kier alpha value is -1.60. The van der Waals surface area contributed by atoms with E-state index in [-0.39, 0.29) is 5.75 Å². The topological polar surface area (TPSA) is 48.1 Å². The fourth-order valence-electron chi connectivity index (χ4n) is 1.33. The number of nitrogens with two attached hydrogens (primary N) is 1. The zero-order valence-corrected chi connectivity index (χ0v) is 9.89. The van der Waals surface area contributed by atoms with Crippen LogP contribution in [-0.4, -0.2) is 11.3 Å². The average molecular weight is 274 g/mol. The molecule has 1 aromatic heterocycles. The van der Waals surface area contributed by atoms with E-state index in [2.05, 4.69) is 9.72 Å². The van der Waals surface area contributed by atoms with Gasteiger partial charge in [0.1, 0.15) is 10.8 Å². The molecule has 2 rings (SSSR count). The third kappa shape index (κ3) is 3.21. The summed E-state index contributed by atoms with van der Waals surface area (Å²) in [6, 6.07) is 5.57. The zero-order valence-electron chi connectivity index (χ0n) is 9.07. The van der Waals surface area contributed by atoms with E-state index in [1.54, 1.807) is 6.20 Å². The van der Waals surface area contributed by atoms with Crippen LogP contribution in [0.15, 0.2) is 30.5 Å². The van der Waals surface area contributed by atoms with Gasteiger partial charge in [0, 0.05) is 23.2 Å². The average Bonchev–Trinajstić information content (AvgIpc) is 2.76. The van der Waals surface area contributed by atoms with Gasteiger partial charge in [0.2, 0.25) is 0 Å². The summed E-state index contributed by atoms with van der Waals surface area (Å²) in [5.41, 5.74) is 6.19. The number of halogens is 3. The first-order valence-electron chi connectivity index (χ1n) is 4.99. The summed E-state index contributed by atoms with van der Waals surface area (Å²) in [4.78, 5) is 5.05. The van der Waals surface area contributed by atoms with Crippen molar-refractivity contribution in [2.45, 2.75) is 12.9 Å². The molecule has 1 aromatic carbocycles. The van der Waals surface area contributed by atoms with Crippen LogP contribution in [0.25, 0.3) is 10.6 Å². The van der Waals surface area contributed by atoms with Gasteiger partial charge in [-0.05, 0) is 24.3 Å². The van der Waals surface area contributed by atoms with Gasteiger partial charge in [0.25, 0.3) is 0 Å². The molecule has 0 unspecified atom stereocenters. The molecule has 0 bridgehead atoms. The van der Waals surface area contributed by atoms with E-state index in [1.807, 2.05) is 0 Å². The van der Waals surface area contributed by atoms with E-state index in [1.165, 1.54) is 35.6 Å². The first-order valence-corrected chi connectivity index (χ1v) is 5.80.